The van der Waals surface area contributed by atoms with Crippen molar-refractivity contribution in [3.05, 3.63) is 28.2 Å². The molecule has 1 fully saturated rings. The van der Waals surface area contributed by atoms with Crippen LogP contribution in [0, 0.1) is 0 Å². The van der Waals surface area contributed by atoms with Crippen molar-refractivity contribution < 1.29 is 4.79 Å². The Hall–Kier alpha value is -0.420. The molecule has 1 aromatic carbocycles. The lowest BCUT2D eigenvalue weighted by atomic mass is 10.2. The smallest absolute Gasteiger partial charge is 0.242 e. The van der Waals surface area contributed by atoms with Gasteiger partial charge in [-0.1, -0.05) is 23.2 Å². The fraction of sp³-hybridized carbons (Fsp3) is 0.364. The van der Waals surface area contributed by atoms with Gasteiger partial charge < -0.3 is 10.6 Å². The van der Waals surface area contributed by atoms with E-state index in [1.54, 1.807) is 30.0 Å². The van der Waals surface area contributed by atoms with Crippen LogP contribution < -0.4 is 10.6 Å². The predicted octanol–water partition coefficient (Wildman–Crippen LogP) is 2.64. The fourth-order valence-electron chi connectivity index (χ4n) is 1.55. The zero-order valence-electron chi connectivity index (χ0n) is 9.00. The van der Waals surface area contributed by atoms with Crippen LogP contribution >= 0.6 is 35.0 Å². The average Bonchev–Trinajstić information content (AvgIpc) is 2.35. The number of halogens is 2. The zero-order valence-corrected chi connectivity index (χ0v) is 11.3. The van der Waals surface area contributed by atoms with Crippen LogP contribution in [0.5, 0.6) is 0 Å². The zero-order chi connectivity index (χ0) is 12.3. The van der Waals surface area contributed by atoms with Gasteiger partial charge in [0.25, 0.3) is 0 Å². The number of carbonyl (C=O) groups excluding carboxylic acids is 1. The van der Waals surface area contributed by atoms with Crippen molar-refractivity contribution in [2.45, 2.75) is 6.04 Å². The normalized spacial score (nSPS) is 20.0. The van der Waals surface area contributed by atoms with E-state index in [1.807, 2.05) is 0 Å². The molecular weight excluding hydrogens is 279 g/mol. The van der Waals surface area contributed by atoms with Gasteiger partial charge in [-0.3, -0.25) is 4.79 Å². The summed E-state index contributed by atoms with van der Waals surface area (Å²) in [4.78, 5) is 11.9. The third kappa shape index (κ3) is 3.52. The van der Waals surface area contributed by atoms with Crippen molar-refractivity contribution >= 4 is 46.6 Å². The topological polar surface area (TPSA) is 41.1 Å². The Morgan fingerprint density at radius 3 is 3.00 bits per heavy atom. The van der Waals surface area contributed by atoms with Crippen molar-refractivity contribution in [2.24, 2.45) is 0 Å². The summed E-state index contributed by atoms with van der Waals surface area (Å²) in [6, 6.07) is 4.85. The van der Waals surface area contributed by atoms with E-state index in [0.717, 1.165) is 18.1 Å². The Morgan fingerprint density at radius 2 is 2.29 bits per heavy atom. The highest BCUT2D eigenvalue weighted by molar-refractivity contribution is 7.99. The largest absolute Gasteiger partial charge is 0.323 e. The molecule has 2 N–H and O–H groups in total. The maximum absolute atomic E-state index is 11.9. The van der Waals surface area contributed by atoms with Gasteiger partial charge in [-0.15, -0.1) is 0 Å². The third-order valence-corrected chi connectivity index (χ3v) is 4.05. The minimum Gasteiger partial charge on any atom is -0.323 e. The first-order valence-corrected chi connectivity index (χ1v) is 7.15. The standard InChI is InChI=1S/C11H12Cl2N2OS/c12-7-1-2-8(13)9(5-7)15-11(16)10-6-17-4-3-14-10/h1-2,5,10,14H,3-4,6H2,(H,15,16). The van der Waals surface area contributed by atoms with E-state index < -0.39 is 0 Å². The van der Waals surface area contributed by atoms with Crippen molar-refractivity contribution in [1.29, 1.82) is 0 Å². The summed E-state index contributed by atoms with van der Waals surface area (Å²) in [5.41, 5.74) is 0.557. The lowest BCUT2D eigenvalue weighted by Crippen LogP contribution is -2.46. The molecule has 1 aliphatic heterocycles. The second kappa shape index (κ2) is 5.96. The summed E-state index contributed by atoms with van der Waals surface area (Å²) in [5, 5.41) is 7.00. The molecule has 0 spiro atoms. The molecule has 2 rings (SSSR count). The van der Waals surface area contributed by atoms with E-state index in [4.69, 9.17) is 23.2 Å². The van der Waals surface area contributed by atoms with E-state index in [2.05, 4.69) is 10.6 Å². The summed E-state index contributed by atoms with van der Waals surface area (Å²) in [7, 11) is 0. The number of thioether (sulfide) groups is 1. The number of hydrogen-bond acceptors (Lipinski definition) is 3. The Balaban J connectivity index is 2.04. The van der Waals surface area contributed by atoms with Crippen LogP contribution in [0.1, 0.15) is 0 Å². The average molecular weight is 291 g/mol. The van der Waals surface area contributed by atoms with Gasteiger partial charge in [-0.2, -0.15) is 11.8 Å². The van der Waals surface area contributed by atoms with Gasteiger partial charge in [-0.25, -0.2) is 0 Å². The lowest BCUT2D eigenvalue weighted by molar-refractivity contribution is -0.117. The van der Waals surface area contributed by atoms with Crippen LogP contribution in [0.2, 0.25) is 10.0 Å². The first-order valence-electron chi connectivity index (χ1n) is 5.24. The number of hydrogen-bond donors (Lipinski definition) is 2. The lowest BCUT2D eigenvalue weighted by Gasteiger charge is -2.22. The van der Waals surface area contributed by atoms with Crippen LogP contribution in [0.3, 0.4) is 0 Å². The van der Waals surface area contributed by atoms with Gasteiger partial charge in [0.15, 0.2) is 0 Å². The second-order valence-electron chi connectivity index (χ2n) is 3.70. The number of nitrogens with one attached hydrogen (secondary N) is 2. The van der Waals surface area contributed by atoms with E-state index in [0.29, 0.717) is 15.7 Å². The first kappa shape index (κ1) is 13.0. The molecule has 1 heterocycles. The fourth-order valence-corrected chi connectivity index (χ4v) is 2.82. The minimum atomic E-state index is -0.163. The van der Waals surface area contributed by atoms with Crippen molar-refractivity contribution in [3.63, 3.8) is 0 Å². The van der Waals surface area contributed by atoms with Crippen LogP contribution in [-0.4, -0.2) is 30.0 Å². The third-order valence-electron chi connectivity index (χ3n) is 2.42. The first-order chi connectivity index (χ1) is 8.16. The molecule has 1 atom stereocenters. The number of benzene rings is 1. The van der Waals surface area contributed by atoms with Crippen LogP contribution in [0.4, 0.5) is 5.69 Å². The summed E-state index contributed by atoms with van der Waals surface area (Å²) < 4.78 is 0. The molecule has 0 aliphatic carbocycles. The quantitative estimate of drug-likeness (QED) is 0.880. The maximum Gasteiger partial charge on any atom is 0.242 e. The Morgan fingerprint density at radius 1 is 1.47 bits per heavy atom. The second-order valence-corrected chi connectivity index (χ2v) is 5.69. The number of rotatable bonds is 2. The maximum atomic E-state index is 11.9. The van der Waals surface area contributed by atoms with Gasteiger partial charge in [0.05, 0.1) is 16.8 Å². The summed E-state index contributed by atoms with van der Waals surface area (Å²) >= 11 is 13.6. The molecule has 1 aromatic rings. The molecule has 1 aliphatic rings. The molecule has 6 heteroatoms. The van der Waals surface area contributed by atoms with Crippen LogP contribution in [0.25, 0.3) is 0 Å². The van der Waals surface area contributed by atoms with Gasteiger partial charge in [-0.05, 0) is 18.2 Å². The van der Waals surface area contributed by atoms with Crippen molar-refractivity contribution in [1.82, 2.24) is 5.32 Å². The highest BCUT2D eigenvalue weighted by Gasteiger charge is 2.21. The monoisotopic (exact) mass is 290 g/mol. The molecule has 0 aromatic heterocycles. The van der Waals surface area contributed by atoms with Gasteiger partial charge >= 0.3 is 0 Å². The molecule has 0 bridgehead atoms. The molecule has 1 amide bonds. The molecule has 1 saturated heterocycles. The molecule has 1 unspecified atom stereocenters. The predicted molar refractivity (Wildman–Crippen MR) is 74.2 cm³/mol. The van der Waals surface area contributed by atoms with Gasteiger partial charge in [0, 0.05) is 23.1 Å². The molecule has 0 radical (unpaired) electrons. The van der Waals surface area contributed by atoms with Crippen LogP contribution in [-0.2, 0) is 4.79 Å². The van der Waals surface area contributed by atoms with Crippen molar-refractivity contribution in [2.75, 3.05) is 23.4 Å². The molecular formula is C11H12Cl2N2OS. The summed E-state index contributed by atoms with van der Waals surface area (Å²) in [6.07, 6.45) is 0. The highest BCUT2D eigenvalue weighted by atomic mass is 35.5. The van der Waals surface area contributed by atoms with E-state index in [-0.39, 0.29) is 11.9 Å². The Bertz CT molecular complexity index is 422. The number of amides is 1. The van der Waals surface area contributed by atoms with Crippen molar-refractivity contribution in [3.8, 4) is 0 Å². The highest BCUT2D eigenvalue weighted by Crippen LogP contribution is 2.25. The van der Waals surface area contributed by atoms with E-state index in [9.17, 15) is 4.79 Å². The number of carbonyl (C=O) groups is 1. The van der Waals surface area contributed by atoms with E-state index in [1.165, 1.54) is 0 Å². The molecule has 17 heavy (non-hydrogen) atoms. The Labute approximate surface area is 114 Å². The molecule has 92 valence electrons. The summed E-state index contributed by atoms with van der Waals surface area (Å²) in [5.74, 6) is 1.76. The van der Waals surface area contributed by atoms with E-state index >= 15 is 0 Å². The summed E-state index contributed by atoms with van der Waals surface area (Å²) in [6.45, 7) is 0.853. The molecule has 0 saturated carbocycles. The number of anilines is 1. The SMILES string of the molecule is O=C(Nc1cc(Cl)ccc1Cl)C1CSCCN1. The van der Waals surface area contributed by atoms with Crippen LogP contribution in [0.15, 0.2) is 18.2 Å². The van der Waals surface area contributed by atoms with Gasteiger partial charge in [0.2, 0.25) is 5.91 Å². The molecule has 3 nitrogen and oxygen atoms in total. The minimum absolute atomic E-state index is 0.0682. The van der Waals surface area contributed by atoms with Gasteiger partial charge in [0.1, 0.15) is 0 Å². The Kier molecular flexibility index (Phi) is 4.56.